The van der Waals surface area contributed by atoms with Gasteiger partial charge in [0.15, 0.2) is 5.75 Å². The van der Waals surface area contributed by atoms with E-state index in [1.807, 2.05) is 0 Å². The molecular formula is C10H13NO5S. The van der Waals surface area contributed by atoms with Gasteiger partial charge in [0, 0.05) is 0 Å². The normalized spacial score (nSPS) is 10.9. The number of aromatic hydroxyl groups is 1. The van der Waals surface area contributed by atoms with E-state index in [2.05, 4.69) is 9.46 Å². The van der Waals surface area contributed by atoms with Gasteiger partial charge in [-0.25, -0.2) is 8.42 Å². The van der Waals surface area contributed by atoms with E-state index in [1.165, 1.54) is 12.1 Å². The van der Waals surface area contributed by atoms with Crippen LogP contribution in [-0.2, 0) is 19.6 Å². The first-order chi connectivity index (χ1) is 7.84. The Kier molecular flexibility index (Phi) is 3.95. The van der Waals surface area contributed by atoms with Gasteiger partial charge in [-0.3, -0.25) is 9.52 Å². The van der Waals surface area contributed by atoms with Crippen LogP contribution in [0.2, 0.25) is 0 Å². The number of benzene rings is 1. The molecule has 7 heteroatoms. The highest BCUT2D eigenvalue weighted by molar-refractivity contribution is 7.93. The van der Waals surface area contributed by atoms with Gasteiger partial charge < -0.3 is 9.84 Å². The number of rotatable bonds is 4. The molecule has 0 saturated carbocycles. The maximum atomic E-state index is 11.5. The van der Waals surface area contributed by atoms with Crippen LogP contribution in [-0.4, -0.2) is 32.4 Å². The minimum atomic E-state index is -3.87. The second-order valence-electron chi connectivity index (χ2n) is 3.46. The number of anilines is 1. The molecule has 0 bridgehead atoms. The highest BCUT2D eigenvalue weighted by atomic mass is 32.2. The first-order valence-corrected chi connectivity index (χ1v) is 6.36. The molecule has 0 amide bonds. The lowest BCUT2D eigenvalue weighted by Gasteiger charge is -2.09. The largest absolute Gasteiger partial charge is 0.506 e. The predicted octanol–water partition coefficient (Wildman–Crippen LogP) is 0.615. The van der Waals surface area contributed by atoms with Crippen LogP contribution in [0.15, 0.2) is 18.2 Å². The van der Waals surface area contributed by atoms with E-state index in [0.29, 0.717) is 0 Å². The fraction of sp³-hybridized carbons (Fsp3) is 0.300. The van der Waals surface area contributed by atoms with Gasteiger partial charge in [0.2, 0.25) is 10.0 Å². The Balaban J connectivity index is 2.87. The summed E-state index contributed by atoms with van der Waals surface area (Å²) in [6, 6.07) is 4.46. The van der Waals surface area contributed by atoms with Crippen LogP contribution in [0.5, 0.6) is 5.75 Å². The van der Waals surface area contributed by atoms with E-state index < -0.39 is 21.7 Å². The van der Waals surface area contributed by atoms with Gasteiger partial charge in [-0.1, -0.05) is 6.07 Å². The molecule has 94 valence electrons. The number of ether oxygens (including phenoxy) is 1. The van der Waals surface area contributed by atoms with E-state index in [0.717, 1.165) is 12.7 Å². The zero-order valence-corrected chi connectivity index (χ0v) is 10.2. The SMILES string of the molecule is COC(=O)CS(=O)(=O)Nc1ccc(C)cc1O. The molecule has 1 aromatic carbocycles. The topological polar surface area (TPSA) is 92.7 Å². The van der Waals surface area contributed by atoms with Crippen LogP contribution in [0.25, 0.3) is 0 Å². The second-order valence-corrected chi connectivity index (χ2v) is 5.18. The molecule has 0 aliphatic rings. The monoisotopic (exact) mass is 259 g/mol. The number of hydrogen-bond donors (Lipinski definition) is 2. The highest BCUT2D eigenvalue weighted by Crippen LogP contribution is 2.24. The number of carbonyl (C=O) groups is 1. The summed E-state index contributed by atoms with van der Waals surface area (Å²) in [5, 5.41) is 9.50. The molecule has 2 N–H and O–H groups in total. The summed E-state index contributed by atoms with van der Waals surface area (Å²) in [4.78, 5) is 10.9. The van der Waals surface area contributed by atoms with Crippen molar-refractivity contribution in [2.45, 2.75) is 6.92 Å². The van der Waals surface area contributed by atoms with Gasteiger partial charge in [0.25, 0.3) is 0 Å². The van der Waals surface area contributed by atoms with Crippen LogP contribution in [0.3, 0.4) is 0 Å². The molecule has 0 fully saturated rings. The fourth-order valence-electron chi connectivity index (χ4n) is 1.15. The summed E-state index contributed by atoms with van der Waals surface area (Å²) < 4.78 is 29.3. The van der Waals surface area contributed by atoms with Crippen molar-refractivity contribution >= 4 is 21.7 Å². The van der Waals surface area contributed by atoms with Gasteiger partial charge in [0.1, 0.15) is 5.75 Å². The predicted molar refractivity (Wildman–Crippen MR) is 62.3 cm³/mol. The van der Waals surface area contributed by atoms with Gasteiger partial charge in [0.05, 0.1) is 12.8 Å². The number of aryl methyl sites for hydroxylation is 1. The standard InChI is InChI=1S/C10H13NO5S/c1-7-3-4-8(9(12)5-7)11-17(14,15)6-10(13)16-2/h3-5,11-12H,6H2,1-2H3. The quantitative estimate of drug-likeness (QED) is 0.610. The van der Waals surface area contributed by atoms with Crippen LogP contribution < -0.4 is 4.72 Å². The molecule has 17 heavy (non-hydrogen) atoms. The lowest BCUT2D eigenvalue weighted by atomic mass is 10.2. The summed E-state index contributed by atoms with van der Waals surface area (Å²) in [5.74, 6) is -1.86. The van der Waals surface area contributed by atoms with Gasteiger partial charge in [-0.05, 0) is 24.6 Å². The number of carbonyl (C=O) groups excluding carboxylic acids is 1. The van der Waals surface area contributed by atoms with Gasteiger partial charge in [-0.15, -0.1) is 0 Å². The molecule has 0 aliphatic carbocycles. The first-order valence-electron chi connectivity index (χ1n) is 4.71. The van der Waals surface area contributed by atoms with E-state index in [9.17, 15) is 18.3 Å². The van der Waals surface area contributed by atoms with Crippen molar-refractivity contribution in [3.63, 3.8) is 0 Å². The molecule has 0 aliphatic heterocycles. The summed E-state index contributed by atoms with van der Waals surface area (Å²) in [7, 11) is -2.77. The lowest BCUT2D eigenvalue weighted by Crippen LogP contribution is -2.23. The minimum Gasteiger partial charge on any atom is -0.506 e. The molecule has 0 saturated heterocycles. The third kappa shape index (κ3) is 3.95. The molecule has 0 heterocycles. The van der Waals surface area contributed by atoms with Gasteiger partial charge >= 0.3 is 5.97 Å². The molecule has 0 atom stereocenters. The smallest absolute Gasteiger partial charge is 0.322 e. The Morgan fingerprint density at radius 1 is 1.47 bits per heavy atom. The maximum Gasteiger partial charge on any atom is 0.322 e. The second kappa shape index (κ2) is 5.05. The van der Waals surface area contributed by atoms with Gasteiger partial charge in [-0.2, -0.15) is 0 Å². The van der Waals surface area contributed by atoms with Crippen molar-refractivity contribution in [3.05, 3.63) is 23.8 Å². The average molecular weight is 259 g/mol. The van der Waals surface area contributed by atoms with Crippen molar-refractivity contribution < 1.29 is 23.1 Å². The van der Waals surface area contributed by atoms with Crippen LogP contribution in [0.1, 0.15) is 5.56 Å². The van der Waals surface area contributed by atoms with E-state index in [4.69, 9.17) is 0 Å². The summed E-state index contributed by atoms with van der Waals surface area (Å²) >= 11 is 0. The number of phenols is 1. The molecule has 0 radical (unpaired) electrons. The molecule has 6 nitrogen and oxygen atoms in total. The Labute approximate surface area is 99.3 Å². The van der Waals surface area contributed by atoms with Crippen molar-refractivity contribution in [3.8, 4) is 5.75 Å². The molecule has 0 unspecified atom stereocenters. The molecule has 0 spiro atoms. The van der Waals surface area contributed by atoms with Crippen LogP contribution in [0, 0.1) is 6.92 Å². The van der Waals surface area contributed by atoms with Crippen molar-refractivity contribution in [2.75, 3.05) is 17.6 Å². The highest BCUT2D eigenvalue weighted by Gasteiger charge is 2.18. The zero-order chi connectivity index (χ0) is 13.1. The number of esters is 1. The fourth-order valence-corrected chi connectivity index (χ4v) is 2.15. The van der Waals surface area contributed by atoms with E-state index >= 15 is 0 Å². The van der Waals surface area contributed by atoms with E-state index in [-0.39, 0.29) is 11.4 Å². The Bertz CT molecular complexity index is 523. The summed E-state index contributed by atoms with van der Waals surface area (Å²) in [6.45, 7) is 1.76. The first kappa shape index (κ1) is 13.3. The Morgan fingerprint density at radius 2 is 2.12 bits per heavy atom. The molecule has 0 aromatic heterocycles. The zero-order valence-electron chi connectivity index (χ0n) is 9.43. The summed E-state index contributed by atoms with van der Waals surface area (Å²) in [5.41, 5.74) is 0.818. The Morgan fingerprint density at radius 3 is 2.65 bits per heavy atom. The number of hydrogen-bond acceptors (Lipinski definition) is 5. The molecular weight excluding hydrogens is 246 g/mol. The number of phenolic OH excluding ortho intramolecular Hbond substituents is 1. The van der Waals surface area contributed by atoms with Crippen LogP contribution >= 0.6 is 0 Å². The molecule has 1 rings (SSSR count). The van der Waals surface area contributed by atoms with E-state index in [1.54, 1.807) is 13.0 Å². The third-order valence-corrected chi connectivity index (χ3v) is 3.10. The minimum absolute atomic E-state index is 0.0273. The number of nitrogens with one attached hydrogen (secondary N) is 1. The number of sulfonamides is 1. The van der Waals surface area contributed by atoms with Crippen molar-refractivity contribution in [1.82, 2.24) is 0 Å². The van der Waals surface area contributed by atoms with Crippen molar-refractivity contribution in [1.29, 1.82) is 0 Å². The summed E-state index contributed by atoms with van der Waals surface area (Å²) in [6.07, 6.45) is 0. The van der Waals surface area contributed by atoms with Crippen LogP contribution in [0.4, 0.5) is 5.69 Å². The lowest BCUT2D eigenvalue weighted by molar-refractivity contribution is -0.137. The third-order valence-electron chi connectivity index (χ3n) is 1.95. The molecule has 1 aromatic rings. The van der Waals surface area contributed by atoms with Crippen molar-refractivity contribution in [2.24, 2.45) is 0 Å². The Hall–Kier alpha value is -1.76. The number of methoxy groups -OCH3 is 1. The average Bonchev–Trinajstić information content (AvgIpc) is 2.21. The maximum absolute atomic E-state index is 11.5.